The number of ether oxygens (including phenoxy) is 2. The lowest BCUT2D eigenvalue weighted by Gasteiger charge is -2.17. The zero-order valence-electron chi connectivity index (χ0n) is 10.2. The summed E-state index contributed by atoms with van der Waals surface area (Å²) in [4.78, 5) is 11.1. The average Bonchev–Trinajstić information content (AvgIpc) is 2.75. The van der Waals surface area contributed by atoms with Gasteiger partial charge in [-0.15, -0.1) is 0 Å². The van der Waals surface area contributed by atoms with Gasteiger partial charge in [0.15, 0.2) is 0 Å². The van der Waals surface area contributed by atoms with Crippen LogP contribution in [-0.4, -0.2) is 26.8 Å². The molecule has 0 bridgehead atoms. The van der Waals surface area contributed by atoms with E-state index in [1.165, 1.54) is 0 Å². The van der Waals surface area contributed by atoms with Crippen LogP contribution >= 0.6 is 0 Å². The minimum absolute atomic E-state index is 0.0537. The van der Waals surface area contributed by atoms with Gasteiger partial charge in [0.1, 0.15) is 11.5 Å². The summed E-state index contributed by atoms with van der Waals surface area (Å²) < 4.78 is 10.7. The van der Waals surface area contributed by atoms with E-state index >= 15 is 0 Å². The first-order valence-corrected chi connectivity index (χ1v) is 5.43. The summed E-state index contributed by atoms with van der Waals surface area (Å²) in [5.74, 6) is 1.54. The van der Waals surface area contributed by atoms with Gasteiger partial charge in [0.05, 0.1) is 20.3 Å². The molecule has 17 heavy (non-hydrogen) atoms. The van der Waals surface area contributed by atoms with Crippen LogP contribution in [-0.2, 0) is 0 Å². The molecule has 0 spiro atoms. The molecule has 0 aromatic heterocycles. The number of nitrogens with one attached hydrogen (secondary N) is 2. The van der Waals surface area contributed by atoms with Crippen molar-refractivity contribution in [2.24, 2.45) is 0 Å². The second-order valence-corrected chi connectivity index (χ2v) is 3.92. The summed E-state index contributed by atoms with van der Waals surface area (Å²) in [5, 5.41) is 5.57. The van der Waals surface area contributed by atoms with E-state index in [0.717, 1.165) is 22.6 Å². The van der Waals surface area contributed by atoms with E-state index in [4.69, 9.17) is 9.47 Å². The molecule has 1 aromatic carbocycles. The first-order chi connectivity index (χ1) is 8.17. The van der Waals surface area contributed by atoms with Crippen LogP contribution in [0.3, 0.4) is 0 Å². The highest BCUT2D eigenvalue weighted by Crippen LogP contribution is 2.35. The fourth-order valence-corrected chi connectivity index (χ4v) is 2.10. The van der Waals surface area contributed by atoms with Gasteiger partial charge in [0.25, 0.3) is 0 Å². The molecule has 1 heterocycles. The first kappa shape index (κ1) is 11.6. The van der Waals surface area contributed by atoms with Crippen LogP contribution in [0.2, 0.25) is 0 Å². The molecule has 1 fully saturated rings. The van der Waals surface area contributed by atoms with Gasteiger partial charge in [-0.05, 0) is 19.1 Å². The molecule has 1 aromatic rings. The van der Waals surface area contributed by atoms with Gasteiger partial charge >= 0.3 is 6.03 Å². The lowest BCUT2D eigenvalue weighted by molar-refractivity contribution is 0.247. The smallest absolute Gasteiger partial charge is 0.315 e. The Balaban J connectivity index is 2.40. The predicted octanol–water partition coefficient (Wildman–Crippen LogP) is 1.37. The van der Waals surface area contributed by atoms with Crippen LogP contribution in [0.25, 0.3) is 0 Å². The number of hydrogen-bond acceptors (Lipinski definition) is 3. The molecule has 2 rings (SSSR count). The Hall–Kier alpha value is -1.91. The summed E-state index contributed by atoms with van der Waals surface area (Å²) >= 11 is 0. The Bertz CT molecular complexity index is 446. The highest BCUT2D eigenvalue weighted by atomic mass is 16.5. The van der Waals surface area contributed by atoms with E-state index in [-0.39, 0.29) is 12.1 Å². The minimum atomic E-state index is -0.148. The third-order valence-corrected chi connectivity index (χ3v) is 2.96. The van der Waals surface area contributed by atoms with Gasteiger partial charge in [-0.3, -0.25) is 0 Å². The quantitative estimate of drug-likeness (QED) is 0.833. The number of benzene rings is 1. The van der Waals surface area contributed by atoms with Crippen LogP contribution in [0.5, 0.6) is 11.5 Å². The number of rotatable bonds is 3. The van der Waals surface area contributed by atoms with E-state index in [2.05, 4.69) is 10.6 Å². The maximum absolute atomic E-state index is 11.1. The van der Waals surface area contributed by atoms with Crippen LogP contribution < -0.4 is 20.1 Å². The van der Waals surface area contributed by atoms with Crippen molar-refractivity contribution in [3.8, 4) is 11.5 Å². The minimum Gasteiger partial charge on any atom is -0.496 e. The number of methoxy groups -OCH3 is 2. The fourth-order valence-electron chi connectivity index (χ4n) is 2.10. The van der Waals surface area contributed by atoms with Gasteiger partial charge in [0, 0.05) is 17.7 Å². The van der Waals surface area contributed by atoms with Gasteiger partial charge < -0.3 is 20.1 Å². The van der Waals surface area contributed by atoms with Gasteiger partial charge in [-0.25, -0.2) is 4.79 Å². The Morgan fingerprint density at radius 2 is 2.06 bits per heavy atom. The van der Waals surface area contributed by atoms with Crippen molar-refractivity contribution in [2.45, 2.75) is 13.0 Å². The second kappa shape index (κ2) is 4.53. The maximum atomic E-state index is 11.1. The molecule has 2 N–H and O–H groups in total. The molecule has 2 amide bonds. The standard InChI is InChI=1S/C12H16N2O3/c1-7-10(16-2)5-4-8(11(7)17-3)9-6-13-12(15)14-9/h4-5,9H,6H2,1-3H3,(H2,13,14,15). The third-order valence-electron chi connectivity index (χ3n) is 2.96. The normalized spacial score (nSPS) is 18.5. The monoisotopic (exact) mass is 236 g/mol. The van der Waals surface area contributed by atoms with Crippen LogP contribution in [0, 0.1) is 6.92 Å². The van der Waals surface area contributed by atoms with Crippen LogP contribution in [0.1, 0.15) is 17.2 Å². The third kappa shape index (κ3) is 2.00. The van der Waals surface area contributed by atoms with Gasteiger partial charge in [-0.1, -0.05) is 0 Å². The molecule has 0 radical (unpaired) electrons. The molecular formula is C12H16N2O3. The summed E-state index contributed by atoms with van der Waals surface area (Å²) in [6.07, 6.45) is 0. The Kier molecular flexibility index (Phi) is 3.08. The fraction of sp³-hybridized carbons (Fsp3) is 0.417. The molecule has 5 nitrogen and oxygen atoms in total. The average molecular weight is 236 g/mol. The summed E-state index contributed by atoms with van der Waals surface area (Å²) in [6, 6.07) is 3.60. The molecule has 92 valence electrons. The van der Waals surface area contributed by atoms with E-state index < -0.39 is 0 Å². The maximum Gasteiger partial charge on any atom is 0.315 e. The van der Waals surface area contributed by atoms with Crippen molar-refractivity contribution >= 4 is 6.03 Å². The Labute approximate surface area is 100 Å². The first-order valence-electron chi connectivity index (χ1n) is 5.43. The van der Waals surface area contributed by atoms with Crippen molar-refractivity contribution < 1.29 is 14.3 Å². The molecule has 0 saturated carbocycles. The highest BCUT2D eigenvalue weighted by molar-refractivity contribution is 5.77. The van der Waals surface area contributed by atoms with E-state index in [0.29, 0.717) is 6.54 Å². The summed E-state index contributed by atoms with van der Waals surface area (Å²) in [7, 11) is 3.25. The summed E-state index contributed by atoms with van der Waals surface area (Å²) in [6.45, 7) is 2.51. The zero-order valence-corrected chi connectivity index (χ0v) is 10.2. The van der Waals surface area contributed by atoms with E-state index in [1.807, 2.05) is 19.1 Å². The van der Waals surface area contributed by atoms with Crippen LogP contribution in [0.15, 0.2) is 12.1 Å². The number of carbonyl (C=O) groups excluding carboxylic acids is 1. The molecule has 1 saturated heterocycles. The Morgan fingerprint density at radius 1 is 1.29 bits per heavy atom. The molecule has 0 aliphatic carbocycles. The van der Waals surface area contributed by atoms with E-state index in [9.17, 15) is 4.79 Å². The number of amides is 2. The van der Waals surface area contributed by atoms with Gasteiger partial charge in [-0.2, -0.15) is 0 Å². The lowest BCUT2D eigenvalue weighted by atomic mass is 10.0. The van der Waals surface area contributed by atoms with Crippen molar-refractivity contribution in [1.82, 2.24) is 10.6 Å². The topological polar surface area (TPSA) is 59.6 Å². The highest BCUT2D eigenvalue weighted by Gasteiger charge is 2.25. The number of carbonyl (C=O) groups is 1. The molecule has 1 unspecified atom stereocenters. The molecule has 1 aliphatic rings. The molecule has 1 aliphatic heterocycles. The molecule has 5 heteroatoms. The van der Waals surface area contributed by atoms with Gasteiger partial charge in [0.2, 0.25) is 0 Å². The van der Waals surface area contributed by atoms with E-state index in [1.54, 1.807) is 14.2 Å². The van der Waals surface area contributed by atoms with Crippen molar-refractivity contribution in [3.05, 3.63) is 23.3 Å². The summed E-state index contributed by atoms with van der Waals surface area (Å²) in [5.41, 5.74) is 1.90. The molecule has 1 atom stereocenters. The zero-order chi connectivity index (χ0) is 12.4. The number of hydrogen-bond donors (Lipinski definition) is 2. The Morgan fingerprint density at radius 3 is 2.59 bits per heavy atom. The van der Waals surface area contributed by atoms with Crippen molar-refractivity contribution in [2.75, 3.05) is 20.8 Å². The number of urea groups is 1. The SMILES string of the molecule is COc1ccc(C2CNC(=O)N2)c(OC)c1C. The van der Waals surface area contributed by atoms with Crippen molar-refractivity contribution in [1.29, 1.82) is 0 Å². The second-order valence-electron chi connectivity index (χ2n) is 3.92. The largest absolute Gasteiger partial charge is 0.496 e. The molecular weight excluding hydrogens is 220 g/mol. The lowest BCUT2D eigenvalue weighted by Crippen LogP contribution is -2.22. The van der Waals surface area contributed by atoms with Crippen molar-refractivity contribution in [3.63, 3.8) is 0 Å². The van der Waals surface area contributed by atoms with Crippen LogP contribution in [0.4, 0.5) is 4.79 Å². The predicted molar refractivity (Wildman–Crippen MR) is 63.6 cm³/mol.